The van der Waals surface area contributed by atoms with Crippen LogP contribution in [0.25, 0.3) is 22.2 Å². The molecule has 242 valence electrons. The number of nitrogens with one attached hydrogen (secondary N) is 1. The van der Waals surface area contributed by atoms with Gasteiger partial charge in [-0.05, 0) is 86.7 Å². The van der Waals surface area contributed by atoms with Crippen molar-refractivity contribution >= 4 is 22.7 Å². The molecule has 2 aromatic heterocycles. The highest BCUT2D eigenvalue weighted by atomic mass is 19.4. The average molecular weight is 641 g/mol. The van der Waals surface area contributed by atoms with Crippen LogP contribution in [0.4, 0.5) is 17.6 Å². The van der Waals surface area contributed by atoms with Gasteiger partial charge in [0.15, 0.2) is 0 Å². The summed E-state index contributed by atoms with van der Waals surface area (Å²) in [5.74, 6) is -1.84. The number of nitrogens with zero attached hydrogens (tertiary/aromatic N) is 2. The first-order chi connectivity index (χ1) is 21.7. The minimum absolute atomic E-state index is 0.0117. The number of aliphatic hydroxyl groups is 1. The van der Waals surface area contributed by atoms with Crippen LogP contribution in [0.2, 0.25) is 0 Å². The zero-order valence-electron chi connectivity index (χ0n) is 25.3. The lowest BCUT2D eigenvalue weighted by Crippen LogP contribution is -2.51. The fraction of sp³-hybridized carbons (Fsp3) is 0.333. The summed E-state index contributed by atoms with van der Waals surface area (Å²) in [5.41, 5.74) is 2.98. The van der Waals surface area contributed by atoms with E-state index in [9.17, 15) is 32.3 Å². The predicted octanol–water partition coefficient (Wildman–Crippen LogP) is 5.24. The van der Waals surface area contributed by atoms with Crippen molar-refractivity contribution < 1.29 is 41.7 Å². The number of hydrogen-bond acceptors (Lipinski definition) is 7. The third kappa shape index (κ3) is 6.45. The van der Waals surface area contributed by atoms with E-state index in [0.29, 0.717) is 16.8 Å². The number of rotatable bonds is 11. The number of aromatic nitrogens is 2. The molecule has 0 aliphatic heterocycles. The Morgan fingerprint density at radius 1 is 1.09 bits per heavy atom. The Morgan fingerprint density at radius 3 is 2.37 bits per heavy atom. The maximum absolute atomic E-state index is 14.7. The van der Waals surface area contributed by atoms with Crippen LogP contribution in [0.15, 0.2) is 48.5 Å². The summed E-state index contributed by atoms with van der Waals surface area (Å²) in [7, 11) is 1.39. The van der Waals surface area contributed by atoms with Gasteiger partial charge in [0.1, 0.15) is 28.5 Å². The molecule has 9 nitrogen and oxygen atoms in total. The first kappa shape index (κ1) is 32.6. The fourth-order valence-corrected chi connectivity index (χ4v) is 5.33. The third-order valence-electron chi connectivity index (χ3n) is 7.83. The van der Waals surface area contributed by atoms with Crippen LogP contribution in [0.1, 0.15) is 58.6 Å². The Balaban J connectivity index is 1.56. The number of halogens is 4. The largest absolute Gasteiger partial charge is 0.494 e. The molecule has 1 aliphatic carbocycles. The number of pyridine rings is 2. The SMILES string of the molecule is CCOc1c(CC(N)=O)cc([C@@](O)(CNC(=O)c2cc(OC)c3nc(C)c(C4CC4)cc3c2)C(F)(F)F)nc1-c1ccc(F)cc1. The summed E-state index contributed by atoms with van der Waals surface area (Å²) in [4.78, 5) is 34.0. The maximum Gasteiger partial charge on any atom is 0.424 e. The molecule has 0 unspecified atom stereocenters. The van der Waals surface area contributed by atoms with Crippen molar-refractivity contribution in [2.24, 2.45) is 5.73 Å². The minimum Gasteiger partial charge on any atom is -0.494 e. The van der Waals surface area contributed by atoms with E-state index in [-0.39, 0.29) is 40.5 Å². The number of nitrogens with two attached hydrogens (primary N) is 1. The zero-order valence-corrected chi connectivity index (χ0v) is 25.3. The lowest BCUT2D eigenvalue weighted by Gasteiger charge is -2.31. The zero-order chi connectivity index (χ0) is 33.4. The Hall–Kier alpha value is -4.78. The number of hydrogen-bond donors (Lipinski definition) is 3. The van der Waals surface area contributed by atoms with E-state index in [1.54, 1.807) is 6.92 Å². The highest BCUT2D eigenvalue weighted by Crippen LogP contribution is 2.44. The van der Waals surface area contributed by atoms with Gasteiger partial charge >= 0.3 is 6.18 Å². The van der Waals surface area contributed by atoms with Crippen molar-refractivity contribution in [1.29, 1.82) is 0 Å². The van der Waals surface area contributed by atoms with Crippen molar-refractivity contribution in [3.8, 4) is 22.8 Å². The molecule has 1 aliphatic rings. The normalized spacial score (nSPS) is 14.5. The van der Waals surface area contributed by atoms with Gasteiger partial charge in [-0.2, -0.15) is 13.2 Å². The van der Waals surface area contributed by atoms with Crippen molar-refractivity contribution in [1.82, 2.24) is 15.3 Å². The quantitative estimate of drug-likeness (QED) is 0.191. The molecule has 4 N–H and O–H groups in total. The highest BCUT2D eigenvalue weighted by molar-refractivity contribution is 6.00. The number of primary amides is 1. The first-order valence-corrected chi connectivity index (χ1v) is 14.5. The predicted molar refractivity (Wildman–Crippen MR) is 161 cm³/mol. The number of carbonyl (C=O) groups excluding carboxylic acids is 2. The van der Waals surface area contributed by atoms with Gasteiger partial charge in [0.2, 0.25) is 11.5 Å². The molecule has 2 heterocycles. The maximum atomic E-state index is 14.7. The van der Waals surface area contributed by atoms with E-state index >= 15 is 0 Å². The van der Waals surface area contributed by atoms with Crippen LogP contribution in [-0.4, -0.2) is 53.3 Å². The van der Waals surface area contributed by atoms with E-state index in [0.717, 1.165) is 42.3 Å². The van der Waals surface area contributed by atoms with Gasteiger partial charge in [0.05, 0.1) is 32.4 Å². The van der Waals surface area contributed by atoms with Crippen molar-refractivity contribution in [3.05, 3.63) is 82.4 Å². The minimum atomic E-state index is -5.36. The van der Waals surface area contributed by atoms with Gasteiger partial charge in [-0.3, -0.25) is 9.59 Å². The molecule has 0 saturated heterocycles. The summed E-state index contributed by atoms with van der Waals surface area (Å²) in [6.07, 6.45) is -3.87. The molecular weight excluding hydrogens is 608 g/mol. The van der Waals surface area contributed by atoms with Crippen LogP contribution in [0.5, 0.6) is 11.5 Å². The van der Waals surface area contributed by atoms with E-state index in [1.807, 2.05) is 13.0 Å². The summed E-state index contributed by atoms with van der Waals surface area (Å²) in [6.45, 7) is 2.21. The summed E-state index contributed by atoms with van der Waals surface area (Å²) in [6, 6.07) is 10.3. The monoisotopic (exact) mass is 640 g/mol. The third-order valence-corrected chi connectivity index (χ3v) is 7.83. The summed E-state index contributed by atoms with van der Waals surface area (Å²) in [5, 5.41) is 14.0. The molecule has 1 saturated carbocycles. The lowest BCUT2D eigenvalue weighted by atomic mass is 9.93. The molecule has 4 aromatic rings. The molecule has 2 amide bonds. The van der Waals surface area contributed by atoms with Crippen molar-refractivity contribution in [2.45, 2.75) is 50.8 Å². The average Bonchev–Trinajstić information content (AvgIpc) is 3.85. The van der Waals surface area contributed by atoms with Gasteiger partial charge in [-0.25, -0.2) is 14.4 Å². The second-order valence-electron chi connectivity index (χ2n) is 11.2. The standard InChI is InChI=1S/C33H32F4N4O5/c1-4-46-30-21(15-27(38)42)14-26(41-29(30)19-7-9-23(34)10-8-19)32(44,33(35,36)37)16-39-31(43)22-11-20-12-24(18-5-6-18)17(2)40-28(20)25(13-22)45-3/h7-14,18,44H,4-6,15-16H2,1-3H3,(H2,38,42)(H,39,43)/t32-/m0/s1. The Kier molecular flexibility index (Phi) is 8.89. The molecule has 0 radical (unpaired) electrons. The van der Waals surface area contributed by atoms with E-state index in [2.05, 4.69) is 15.3 Å². The Labute approximate surface area is 261 Å². The molecule has 5 rings (SSSR count). The molecule has 13 heteroatoms. The summed E-state index contributed by atoms with van der Waals surface area (Å²) < 4.78 is 68.9. The van der Waals surface area contributed by atoms with Gasteiger partial charge in [-0.15, -0.1) is 0 Å². The fourth-order valence-electron chi connectivity index (χ4n) is 5.33. The molecule has 2 aromatic carbocycles. The molecule has 1 atom stereocenters. The second-order valence-corrected chi connectivity index (χ2v) is 11.2. The van der Waals surface area contributed by atoms with E-state index in [4.69, 9.17) is 15.2 Å². The molecular formula is C33H32F4N4O5. The molecule has 1 fully saturated rings. The number of alkyl halides is 3. The van der Waals surface area contributed by atoms with Crippen molar-refractivity contribution in [3.63, 3.8) is 0 Å². The molecule has 0 bridgehead atoms. The highest BCUT2D eigenvalue weighted by Gasteiger charge is 2.56. The first-order valence-electron chi connectivity index (χ1n) is 14.5. The summed E-state index contributed by atoms with van der Waals surface area (Å²) >= 11 is 0. The van der Waals surface area contributed by atoms with Crippen LogP contribution >= 0.6 is 0 Å². The van der Waals surface area contributed by atoms with E-state index < -0.39 is 48.1 Å². The van der Waals surface area contributed by atoms with Gasteiger partial charge in [-0.1, -0.05) is 0 Å². The van der Waals surface area contributed by atoms with Crippen LogP contribution in [-0.2, 0) is 16.8 Å². The van der Waals surface area contributed by atoms with Gasteiger partial charge in [0, 0.05) is 27.8 Å². The Bertz CT molecular complexity index is 1810. The number of benzene rings is 2. The number of methoxy groups -OCH3 is 1. The second kappa shape index (κ2) is 12.5. The van der Waals surface area contributed by atoms with Crippen molar-refractivity contribution in [2.75, 3.05) is 20.3 Å². The number of fused-ring (bicyclic) bond motifs is 1. The Morgan fingerprint density at radius 2 is 1.78 bits per heavy atom. The van der Waals surface area contributed by atoms with Crippen LogP contribution in [0.3, 0.4) is 0 Å². The molecule has 46 heavy (non-hydrogen) atoms. The van der Waals surface area contributed by atoms with E-state index in [1.165, 1.54) is 31.4 Å². The van der Waals surface area contributed by atoms with Crippen LogP contribution < -0.4 is 20.5 Å². The van der Waals surface area contributed by atoms with Gasteiger partial charge < -0.3 is 25.6 Å². The van der Waals surface area contributed by atoms with Crippen LogP contribution in [0, 0.1) is 12.7 Å². The van der Waals surface area contributed by atoms with Gasteiger partial charge in [0.25, 0.3) is 5.91 Å². The number of ether oxygens (including phenoxy) is 2. The topological polar surface area (TPSA) is 137 Å². The number of amides is 2. The number of aryl methyl sites for hydroxylation is 1. The smallest absolute Gasteiger partial charge is 0.424 e. The lowest BCUT2D eigenvalue weighted by molar-refractivity contribution is -0.265. The number of carbonyl (C=O) groups is 2. The molecule has 0 spiro atoms.